The molecule has 3 nitrogen and oxygen atoms in total. The van der Waals surface area contributed by atoms with E-state index in [0.29, 0.717) is 0 Å². The molecule has 0 aliphatic heterocycles. The second kappa shape index (κ2) is 7.35. The van der Waals surface area contributed by atoms with E-state index in [1.54, 1.807) is 7.11 Å². The van der Waals surface area contributed by atoms with Crippen LogP contribution in [0.5, 0.6) is 0 Å². The minimum atomic E-state index is 1.09. The van der Waals surface area contributed by atoms with Gasteiger partial charge in [0.2, 0.25) is 0 Å². The van der Waals surface area contributed by atoms with Crippen molar-refractivity contribution in [3.63, 3.8) is 0 Å². The van der Waals surface area contributed by atoms with E-state index in [1.165, 1.54) is 11.1 Å². The lowest BCUT2D eigenvalue weighted by Crippen LogP contribution is -2.03. The van der Waals surface area contributed by atoms with Gasteiger partial charge in [0.25, 0.3) is 0 Å². The lowest BCUT2D eigenvalue weighted by atomic mass is 10.2. The first kappa shape index (κ1) is 14.0. The molecule has 0 saturated carbocycles. The number of methoxy groups -OCH3 is 1. The van der Waals surface area contributed by atoms with E-state index in [-0.39, 0.29) is 0 Å². The quantitative estimate of drug-likeness (QED) is 0.757. The molecule has 1 rings (SSSR count). The Morgan fingerprint density at radius 2 is 1.80 bits per heavy atom. The van der Waals surface area contributed by atoms with Gasteiger partial charge in [-0.2, -0.15) is 0 Å². The van der Waals surface area contributed by atoms with Crippen LogP contribution < -0.4 is 5.32 Å². The van der Waals surface area contributed by atoms with Crippen molar-refractivity contribution in [2.24, 2.45) is 0 Å². The first-order valence-electron chi connectivity index (χ1n) is 5.26. The monoisotopic (exact) mass is 212 g/mol. The molecule has 0 fully saturated rings. The Kier molecular flexibility index (Phi) is 6.88. The average molecular weight is 212 g/mol. The van der Waals surface area contributed by atoms with Crippen LogP contribution in [0.3, 0.4) is 0 Å². The van der Waals surface area contributed by atoms with Crippen LogP contribution in [0.4, 0.5) is 0 Å². The lowest BCUT2D eigenvalue weighted by Gasteiger charge is -2.09. The minimum absolute atomic E-state index is 1.09. The summed E-state index contributed by atoms with van der Waals surface area (Å²) in [5, 5.41) is 2.75. The van der Waals surface area contributed by atoms with E-state index in [0.717, 1.165) is 18.6 Å². The summed E-state index contributed by atoms with van der Waals surface area (Å²) in [5.74, 6) is 1.09. The number of hydrogen-bond acceptors (Lipinski definition) is 3. The molecular formula is C12H24N2O. The van der Waals surface area contributed by atoms with E-state index in [4.69, 9.17) is 4.74 Å². The largest absolute Gasteiger partial charge is 0.496 e. The van der Waals surface area contributed by atoms with Crippen molar-refractivity contribution in [3.05, 3.63) is 23.1 Å². The van der Waals surface area contributed by atoms with Crippen LogP contribution >= 0.6 is 0 Å². The third kappa shape index (κ3) is 4.88. The molecule has 0 aromatic carbocycles. The van der Waals surface area contributed by atoms with E-state index in [1.807, 2.05) is 28.2 Å². The molecule has 0 saturated heterocycles. The highest BCUT2D eigenvalue weighted by molar-refractivity contribution is 5.35. The first-order valence-corrected chi connectivity index (χ1v) is 5.26. The van der Waals surface area contributed by atoms with Crippen molar-refractivity contribution in [1.29, 1.82) is 0 Å². The van der Waals surface area contributed by atoms with Gasteiger partial charge in [-0.3, -0.25) is 0 Å². The van der Waals surface area contributed by atoms with Gasteiger partial charge in [-0.05, 0) is 39.4 Å². The first-order chi connectivity index (χ1) is 7.06. The van der Waals surface area contributed by atoms with Gasteiger partial charge in [-0.1, -0.05) is 0 Å². The average Bonchev–Trinajstić information content (AvgIpc) is 2.47. The fourth-order valence-electron chi connectivity index (χ4n) is 1.56. The number of hydrogen-bond donors (Lipinski definition) is 1. The number of nitrogens with one attached hydrogen (secondary N) is 1. The van der Waals surface area contributed by atoms with Gasteiger partial charge < -0.3 is 15.0 Å². The van der Waals surface area contributed by atoms with Crippen LogP contribution in [0.1, 0.15) is 19.8 Å². The molecule has 1 aliphatic rings. The molecule has 88 valence electrons. The van der Waals surface area contributed by atoms with Gasteiger partial charge in [0.05, 0.1) is 7.11 Å². The topological polar surface area (TPSA) is 24.5 Å². The normalized spacial score (nSPS) is 17.6. The second-order valence-corrected chi connectivity index (χ2v) is 3.93. The summed E-state index contributed by atoms with van der Waals surface area (Å²) in [6.07, 6.45) is 4.39. The van der Waals surface area contributed by atoms with Gasteiger partial charge in [-0.15, -0.1) is 0 Å². The predicted molar refractivity (Wildman–Crippen MR) is 65.7 cm³/mol. The molecule has 1 N–H and O–H groups in total. The summed E-state index contributed by atoms with van der Waals surface area (Å²) >= 11 is 0. The summed E-state index contributed by atoms with van der Waals surface area (Å²) in [4.78, 5) is 2.06. The van der Waals surface area contributed by atoms with Gasteiger partial charge in [0, 0.05) is 25.9 Å². The molecule has 0 spiro atoms. The lowest BCUT2D eigenvalue weighted by molar-refractivity contribution is 0.298. The maximum Gasteiger partial charge on any atom is 0.122 e. The van der Waals surface area contributed by atoms with E-state index < -0.39 is 0 Å². The molecule has 15 heavy (non-hydrogen) atoms. The highest BCUT2D eigenvalue weighted by atomic mass is 16.5. The highest BCUT2D eigenvalue weighted by Gasteiger charge is 2.17. The molecule has 0 aromatic rings. The Balaban J connectivity index is 0.000000583. The zero-order valence-electron chi connectivity index (χ0n) is 10.8. The molecule has 0 heterocycles. The van der Waals surface area contributed by atoms with Crippen molar-refractivity contribution in [3.8, 4) is 0 Å². The van der Waals surface area contributed by atoms with E-state index in [2.05, 4.69) is 23.3 Å². The van der Waals surface area contributed by atoms with Crippen molar-refractivity contribution in [1.82, 2.24) is 10.2 Å². The van der Waals surface area contributed by atoms with Crippen molar-refractivity contribution < 1.29 is 4.74 Å². The van der Waals surface area contributed by atoms with Crippen LogP contribution in [0.15, 0.2) is 23.1 Å². The number of allylic oxidation sites excluding steroid dienone is 2. The zero-order valence-corrected chi connectivity index (χ0v) is 10.8. The molecule has 1 aliphatic carbocycles. The van der Waals surface area contributed by atoms with Crippen molar-refractivity contribution >= 4 is 0 Å². The maximum atomic E-state index is 5.32. The van der Waals surface area contributed by atoms with Crippen LogP contribution in [-0.4, -0.2) is 40.2 Å². The second-order valence-electron chi connectivity index (χ2n) is 3.93. The van der Waals surface area contributed by atoms with Crippen molar-refractivity contribution in [2.45, 2.75) is 19.8 Å². The Hall–Kier alpha value is -0.960. The molecule has 0 radical (unpaired) electrons. The molecule has 0 bridgehead atoms. The van der Waals surface area contributed by atoms with Crippen LogP contribution in [0.25, 0.3) is 0 Å². The summed E-state index contributed by atoms with van der Waals surface area (Å²) < 4.78 is 5.32. The molecule has 0 unspecified atom stereocenters. The number of ether oxygens (including phenoxy) is 1. The van der Waals surface area contributed by atoms with Gasteiger partial charge in [0.15, 0.2) is 0 Å². The Morgan fingerprint density at radius 1 is 1.27 bits per heavy atom. The predicted octanol–water partition coefficient (Wildman–Crippen LogP) is 1.98. The van der Waals surface area contributed by atoms with Crippen LogP contribution in [0, 0.1) is 0 Å². The molecule has 0 amide bonds. The van der Waals surface area contributed by atoms with Crippen LogP contribution in [-0.2, 0) is 4.74 Å². The highest BCUT2D eigenvalue weighted by Crippen LogP contribution is 2.31. The van der Waals surface area contributed by atoms with Crippen molar-refractivity contribution in [2.75, 3.05) is 35.3 Å². The Morgan fingerprint density at radius 3 is 2.20 bits per heavy atom. The SMILES string of the molecule is CNC.COC1=C(C)CC/C1=C\N(C)C. The fourth-order valence-corrected chi connectivity index (χ4v) is 1.56. The summed E-state index contributed by atoms with van der Waals surface area (Å²) in [6.45, 7) is 2.13. The van der Waals surface area contributed by atoms with Gasteiger partial charge >= 0.3 is 0 Å². The summed E-state index contributed by atoms with van der Waals surface area (Å²) in [7, 11) is 9.56. The number of rotatable bonds is 2. The Labute approximate surface area is 93.8 Å². The fraction of sp³-hybridized carbons (Fsp3) is 0.667. The molecule has 3 heteroatoms. The van der Waals surface area contributed by atoms with E-state index >= 15 is 0 Å². The third-order valence-electron chi connectivity index (χ3n) is 2.07. The third-order valence-corrected chi connectivity index (χ3v) is 2.07. The molecular weight excluding hydrogens is 188 g/mol. The van der Waals surface area contributed by atoms with Gasteiger partial charge in [-0.25, -0.2) is 0 Å². The zero-order chi connectivity index (χ0) is 11.8. The molecule has 0 aromatic heterocycles. The van der Waals surface area contributed by atoms with Gasteiger partial charge in [0.1, 0.15) is 5.76 Å². The van der Waals surface area contributed by atoms with Crippen LogP contribution in [0.2, 0.25) is 0 Å². The Bertz CT molecular complexity index is 242. The summed E-state index contributed by atoms with van der Waals surface area (Å²) in [5.41, 5.74) is 2.69. The van der Waals surface area contributed by atoms with E-state index in [9.17, 15) is 0 Å². The maximum absolute atomic E-state index is 5.32. The minimum Gasteiger partial charge on any atom is -0.496 e. The molecule has 0 atom stereocenters. The summed E-state index contributed by atoms with van der Waals surface area (Å²) in [6, 6.07) is 0. The smallest absolute Gasteiger partial charge is 0.122 e. The number of nitrogens with zero attached hydrogens (tertiary/aromatic N) is 1. The standard InChI is InChI=1S/C10H17NO.C2H7N/c1-8-5-6-9(7-11(2)3)10(8)12-4;1-3-2/h7H,5-6H2,1-4H3;3H,1-2H3/b9-7+;.